The number of benzene rings is 1. The van der Waals surface area contributed by atoms with Gasteiger partial charge >= 0.3 is 11.9 Å². The van der Waals surface area contributed by atoms with E-state index in [1.54, 1.807) is 11.2 Å². The highest BCUT2D eigenvalue weighted by molar-refractivity contribution is 7.89. The molecule has 3 fully saturated rings. The van der Waals surface area contributed by atoms with Gasteiger partial charge in [-0.25, -0.2) is 13.2 Å². The van der Waals surface area contributed by atoms with E-state index in [0.29, 0.717) is 12.8 Å². The van der Waals surface area contributed by atoms with Crippen molar-refractivity contribution in [3.8, 4) is 0 Å². The molecule has 4 rings (SSSR count). The third-order valence-electron chi connectivity index (χ3n) is 9.69. The van der Waals surface area contributed by atoms with Gasteiger partial charge in [0.1, 0.15) is 0 Å². The first-order valence-corrected chi connectivity index (χ1v) is 15.2. The average molecular weight is 550 g/mol. The monoisotopic (exact) mass is 549 g/mol. The van der Waals surface area contributed by atoms with Gasteiger partial charge in [-0.2, -0.15) is 4.31 Å². The number of ether oxygens (including phenoxy) is 3. The van der Waals surface area contributed by atoms with E-state index in [2.05, 4.69) is 13.8 Å². The van der Waals surface area contributed by atoms with E-state index in [4.69, 9.17) is 14.2 Å². The van der Waals surface area contributed by atoms with Gasteiger partial charge in [0.25, 0.3) is 0 Å². The van der Waals surface area contributed by atoms with Crippen molar-refractivity contribution in [2.24, 2.45) is 16.7 Å². The second kappa shape index (κ2) is 9.59. The number of fused-ring (bicyclic) bond motifs is 3. The number of hydrogen-bond acceptors (Lipinski definition) is 7. The van der Waals surface area contributed by atoms with E-state index in [0.717, 1.165) is 12.0 Å². The fourth-order valence-corrected chi connectivity index (χ4v) is 10.6. The minimum atomic E-state index is -3.74. The van der Waals surface area contributed by atoms with E-state index in [1.807, 2.05) is 58.0 Å². The van der Waals surface area contributed by atoms with E-state index in [9.17, 15) is 18.0 Å². The van der Waals surface area contributed by atoms with Crippen LogP contribution >= 0.6 is 0 Å². The largest absolute Gasteiger partial charge is 0.469 e. The summed E-state index contributed by atoms with van der Waals surface area (Å²) in [5.74, 6) is -3.14. The number of carbonyl (C=O) groups excluding carboxylic acids is 2. The Morgan fingerprint density at radius 2 is 1.71 bits per heavy atom. The molecule has 2 bridgehead atoms. The molecular formula is C29H43NO7S. The van der Waals surface area contributed by atoms with Crippen LogP contribution in [0.25, 0.3) is 0 Å². The number of rotatable bonds is 9. The Morgan fingerprint density at radius 3 is 2.24 bits per heavy atom. The summed E-state index contributed by atoms with van der Waals surface area (Å²) in [6, 6.07) is 8.84. The highest BCUT2D eigenvalue weighted by Crippen LogP contribution is 2.74. The van der Waals surface area contributed by atoms with Gasteiger partial charge in [-0.15, -0.1) is 0 Å². The molecule has 1 saturated heterocycles. The number of esters is 2. The zero-order valence-electron chi connectivity index (χ0n) is 23.9. The first-order valence-electron chi connectivity index (χ1n) is 13.6. The van der Waals surface area contributed by atoms with Crippen LogP contribution < -0.4 is 0 Å². The number of methoxy groups -OCH3 is 1. The van der Waals surface area contributed by atoms with Crippen molar-refractivity contribution < 1.29 is 32.2 Å². The molecule has 1 spiro atoms. The van der Waals surface area contributed by atoms with Gasteiger partial charge in [-0.05, 0) is 64.4 Å². The Kier molecular flexibility index (Phi) is 7.33. The summed E-state index contributed by atoms with van der Waals surface area (Å²) in [5, 5.41) is 0. The predicted octanol–water partition coefficient (Wildman–Crippen LogP) is 4.64. The van der Waals surface area contributed by atoms with Crippen LogP contribution in [0.15, 0.2) is 30.3 Å². The molecule has 0 N–H and O–H groups in total. The third kappa shape index (κ3) is 4.20. The molecule has 9 heteroatoms. The Labute approximate surface area is 227 Å². The molecule has 0 aromatic heterocycles. The van der Waals surface area contributed by atoms with E-state index >= 15 is 0 Å². The fraction of sp³-hybridized carbons (Fsp3) is 0.724. The van der Waals surface area contributed by atoms with Crippen LogP contribution in [-0.4, -0.2) is 61.0 Å². The molecule has 0 amide bonds. The molecule has 0 radical (unpaired) electrons. The van der Waals surface area contributed by atoms with Gasteiger partial charge < -0.3 is 14.2 Å². The minimum Gasteiger partial charge on any atom is -0.469 e. The van der Waals surface area contributed by atoms with Gasteiger partial charge in [-0.1, -0.05) is 44.2 Å². The normalized spacial score (nSPS) is 32.9. The topological polar surface area (TPSA) is 99.2 Å². The van der Waals surface area contributed by atoms with Crippen LogP contribution in [0, 0.1) is 16.7 Å². The maximum atomic E-state index is 14.0. The van der Waals surface area contributed by atoms with Gasteiger partial charge in [0.15, 0.2) is 5.60 Å². The highest BCUT2D eigenvalue weighted by atomic mass is 32.2. The lowest BCUT2D eigenvalue weighted by atomic mass is 9.68. The average Bonchev–Trinajstić information content (AvgIpc) is 3.28. The van der Waals surface area contributed by atoms with Crippen LogP contribution in [-0.2, 0) is 33.8 Å². The molecule has 0 unspecified atom stereocenters. The summed E-state index contributed by atoms with van der Waals surface area (Å²) >= 11 is 0. The molecule has 1 heterocycles. The summed E-state index contributed by atoms with van der Waals surface area (Å²) in [6.45, 7) is 13.3. The SMILES string of the molecule is COC(=O)C[C@H](c1ccccc1)[C@@]1(C)O[C@@]2(C[C@H]3CC[C@]2(CS(=O)(=O)N(C(C)C)C(C)C)C3(C)C)OC1=O. The molecule has 2 aliphatic carbocycles. The summed E-state index contributed by atoms with van der Waals surface area (Å²) in [7, 11) is -2.43. The maximum Gasteiger partial charge on any atom is 0.341 e. The number of nitrogens with zero attached hydrogens (tertiary/aromatic N) is 1. The first-order chi connectivity index (χ1) is 17.6. The summed E-state index contributed by atoms with van der Waals surface area (Å²) in [6.07, 6.45) is 1.77. The Balaban J connectivity index is 1.81. The molecule has 1 aromatic rings. The van der Waals surface area contributed by atoms with Gasteiger partial charge in [-0.3, -0.25) is 4.79 Å². The third-order valence-corrected chi connectivity index (χ3v) is 12.0. The molecule has 3 aliphatic rings. The molecular weight excluding hydrogens is 506 g/mol. The smallest absolute Gasteiger partial charge is 0.341 e. The summed E-state index contributed by atoms with van der Waals surface area (Å²) in [4.78, 5) is 26.3. The highest BCUT2D eigenvalue weighted by Gasteiger charge is 2.79. The summed E-state index contributed by atoms with van der Waals surface area (Å²) < 4.78 is 47.7. The molecule has 5 atom stereocenters. The van der Waals surface area contributed by atoms with Crippen molar-refractivity contribution in [2.45, 2.75) is 104 Å². The van der Waals surface area contributed by atoms with Crippen LogP contribution in [0.4, 0.5) is 0 Å². The van der Waals surface area contributed by atoms with E-state index in [1.165, 1.54) is 7.11 Å². The van der Waals surface area contributed by atoms with Crippen LogP contribution in [0.1, 0.15) is 85.6 Å². The van der Waals surface area contributed by atoms with Gasteiger partial charge in [0, 0.05) is 24.4 Å². The molecule has 1 aromatic carbocycles. The van der Waals surface area contributed by atoms with Crippen LogP contribution in [0.3, 0.4) is 0 Å². The van der Waals surface area contributed by atoms with Gasteiger partial charge in [0.05, 0.1) is 24.7 Å². The van der Waals surface area contributed by atoms with Crippen molar-refractivity contribution in [2.75, 3.05) is 12.9 Å². The van der Waals surface area contributed by atoms with Gasteiger partial charge in [0.2, 0.25) is 15.8 Å². The fourth-order valence-electron chi connectivity index (χ4n) is 7.76. The van der Waals surface area contributed by atoms with Crippen molar-refractivity contribution in [1.82, 2.24) is 4.31 Å². The summed E-state index contributed by atoms with van der Waals surface area (Å²) in [5.41, 5.74) is -2.13. The second-order valence-corrected chi connectivity index (χ2v) is 14.5. The lowest BCUT2D eigenvalue weighted by molar-refractivity contribution is -0.256. The number of sulfonamides is 1. The van der Waals surface area contributed by atoms with Crippen molar-refractivity contribution in [1.29, 1.82) is 0 Å². The maximum absolute atomic E-state index is 14.0. The zero-order chi connectivity index (χ0) is 28.3. The zero-order valence-corrected chi connectivity index (χ0v) is 24.8. The molecule has 212 valence electrons. The van der Waals surface area contributed by atoms with Crippen molar-refractivity contribution in [3.05, 3.63) is 35.9 Å². The van der Waals surface area contributed by atoms with E-state index < -0.39 is 50.1 Å². The number of carbonyl (C=O) groups is 2. The molecule has 38 heavy (non-hydrogen) atoms. The minimum absolute atomic E-state index is 0.0746. The molecule has 1 aliphatic heterocycles. The van der Waals surface area contributed by atoms with Crippen molar-refractivity contribution in [3.63, 3.8) is 0 Å². The van der Waals surface area contributed by atoms with Crippen LogP contribution in [0.2, 0.25) is 0 Å². The first kappa shape index (κ1) is 29.0. The van der Waals surface area contributed by atoms with Crippen LogP contribution in [0.5, 0.6) is 0 Å². The Morgan fingerprint density at radius 1 is 1.11 bits per heavy atom. The van der Waals surface area contributed by atoms with E-state index in [-0.39, 0.29) is 30.2 Å². The Bertz CT molecular complexity index is 1170. The quantitative estimate of drug-likeness (QED) is 0.414. The molecule has 8 nitrogen and oxygen atoms in total. The van der Waals surface area contributed by atoms with Crippen molar-refractivity contribution >= 4 is 22.0 Å². The second-order valence-electron chi connectivity index (χ2n) is 12.6. The lowest BCUT2D eigenvalue weighted by Gasteiger charge is -2.48. The Hall–Kier alpha value is -1.97. The predicted molar refractivity (Wildman–Crippen MR) is 144 cm³/mol. The molecule has 2 saturated carbocycles. The standard InChI is InChI=1S/C29H43NO7S/c1-19(2)30(20(3)4)38(33,34)18-28-15-14-22(26(28,5)6)17-29(28)36-25(32)27(7,37-29)23(16-24(31)35-8)21-12-10-9-11-13-21/h9-13,19-20,22-23H,14-18H2,1-8H3/t22-,23-,27-,28+,29-/m1/s1. The lowest BCUT2D eigenvalue weighted by Crippen LogP contribution is -2.58. The number of hydrogen-bond donors (Lipinski definition) is 0.